The number of aryl methyl sites for hydroxylation is 1. The third-order valence-corrected chi connectivity index (χ3v) is 10.5. The van der Waals surface area contributed by atoms with Crippen molar-refractivity contribution in [3.05, 3.63) is 40.4 Å². The first-order valence-corrected chi connectivity index (χ1v) is 13.5. The number of carbonyl (C=O) groups is 1. The van der Waals surface area contributed by atoms with Crippen LogP contribution in [-0.2, 0) is 16.0 Å². The van der Waals surface area contributed by atoms with Crippen LogP contribution >= 0.6 is 11.3 Å². The second-order valence-electron chi connectivity index (χ2n) is 8.51. The molecule has 0 spiro atoms. The van der Waals surface area contributed by atoms with Gasteiger partial charge >= 0.3 is 0 Å². The molecule has 2 rings (SSSR count). The molecule has 0 fully saturated rings. The van der Waals surface area contributed by atoms with Crippen molar-refractivity contribution in [2.45, 2.75) is 65.5 Å². The summed E-state index contributed by atoms with van der Waals surface area (Å²) >= 11 is 1.22. The highest BCUT2D eigenvalue weighted by molar-refractivity contribution is 7.16. The predicted octanol–water partition coefficient (Wildman–Crippen LogP) is 5.04. The number of amides is 1. The number of aromatic nitrogens is 1. The smallest absolute Gasteiger partial charge is 0.250 e. The third-order valence-electron chi connectivity index (χ3n) is 5.07. The van der Waals surface area contributed by atoms with Crippen molar-refractivity contribution in [1.82, 2.24) is 4.98 Å². The standard InChI is InChI=1S/C21H32N2O4SSi/c1-8-26-19(25)18-14(2)22-20(28-18)23-17(24)13-15-10-9-11-16(12-15)27-29(6,7)21(3,4)5/h9-12,19,25H,8,13H2,1-7H3,(H,22,23,24). The predicted molar refractivity (Wildman–Crippen MR) is 120 cm³/mol. The van der Waals surface area contributed by atoms with Crippen LogP contribution in [0.4, 0.5) is 5.13 Å². The molecule has 0 aliphatic rings. The first kappa shape index (κ1) is 23.5. The number of thiazole rings is 1. The minimum Gasteiger partial charge on any atom is -0.543 e. The minimum absolute atomic E-state index is 0.104. The van der Waals surface area contributed by atoms with Gasteiger partial charge in [-0.2, -0.15) is 0 Å². The van der Waals surface area contributed by atoms with E-state index >= 15 is 0 Å². The molecular formula is C21H32N2O4SSi. The fraction of sp³-hybridized carbons (Fsp3) is 0.524. The van der Waals surface area contributed by atoms with E-state index in [1.165, 1.54) is 11.3 Å². The molecule has 0 saturated heterocycles. The molecule has 1 atom stereocenters. The largest absolute Gasteiger partial charge is 0.543 e. The lowest BCUT2D eigenvalue weighted by Gasteiger charge is -2.36. The van der Waals surface area contributed by atoms with Gasteiger partial charge in [0.2, 0.25) is 14.2 Å². The highest BCUT2D eigenvalue weighted by atomic mass is 32.1. The summed E-state index contributed by atoms with van der Waals surface area (Å²) in [6, 6.07) is 7.69. The Morgan fingerprint density at radius 1 is 1.34 bits per heavy atom. The maximum Gasteiger partial charge on any atom is 0.250 e. The average Bonchev–Trinajstić information content (AvgIpc) is 2.94. The summed E-state index contributed by atoms with van der Waals surface area (Å²) in [4.78, 5) is 17.4. The lowest BCUT2D eigenvalue weighted by Crippen LogP contribution is -2.43. The Morgan fingerprint density at radius 2 is 2.03 bits per heavy atom. The molecule has 0 radical (unpaired) electrons. The zero-order valence-corrected chi connectivity index (χ0v) is 20.1. The molecule has 1 amide bonds. The Kier molecular flexibility index (Phi) is 7.61. The average molecular weight is 437 g/mol. The molecule has 8 heteroatoms. The van der Waals surface area contributed by atoms with Gasteiger partial charge in [-0.1, -0.05) is 44.2 Å². The van der Waals surface area contributed by atoms with Crippen molar-refractivity contribution in [2.24, 2.45) is 0 Å². The summed E-state index contributed by atoms with van der Waals surface area (Å²) < 4.78 is 11.5. The van der Waals surface area contributed by atoms with Crippen LogP contribution < -0.4 is 9.74 Å². The van der Waals surface area contributed by atoms with E-state index in [-0.39, 0.29) is 17.4 Å². The van der Waals surface area contributed by atoms with Crippen molar-refractivity contribution in [3.8, 4) is 5.75 Å². The maximum atomic E-state index is 12.5. The third kappa shape index (κ3) is 6.37. The van der Waals surface area contributed by atoms with Gasteiger partial charge in [0.15, 0.2) is 11.4 Å². The number of nitrogens with zero attached hydrogens (tertiary/aromatic N) is 1. The SMILES string of the molecule is CCOC(O)c1sc(NC(=O)Cc2cccc(O[Si](C)(C)C(C)(C)C)c2)nc1C. The van der Waals surface area contributed by atoms with Crippen LogP contribution in [0.1, 0.15) is 50.1 Å². The lowest BCUT2D eigenvalue weighted by atomic mass is 10.1. The molecule has 2 N–H and O–H groups in total. The quantitative estimate of drug-likeness (QED) is 0.447. The van der Waals surface area contributed by atoms with Crippen molar-refractivity contribution in [2.75, 3.05) is 11.9 Å². The molecule has 0 aliphatic carbocycles. The monoisotopic (exact) mass is 436 g/mol. The number of ether oxygens (including phenoxy) is 1. The van der Waals surface area contributed by atoms with Gasteiger partial charge in [0.05, 0.1) is 17.0 Å². The van der Waals surface area contributed by atoms with Crippen molar-refractivity contribution in [3.63, 3.8) is 0 Å². The number of benzene rings is 1. The zero-order chi connectivity index (χ0) is 21.8. The number of hydrogen-bond donors (Lipinski definition) is 2. The van der Waals surface area contributed by atoms with E-state index in [0.717, 1.165) is 11.3 Å². The Labute approximate surface area is 178 Å². The summed E-state index contributed by atoms with van der Waals surface area (Å²) in [5.74, 6) is 0.634. The molecule has 160 valence electrons. The molecule has 0 bridgehead atoms. The van der Waals surface area contributed by atoms with Gasteiger partial charge in [-0.25, -0.2) is 4.98 Å². The van der Waals surface area contributed by atoms with E-state index in [4.69, 9.17) is 9.16 Å². The van der Waals surface area contributed by atoms with Gasteiger partial charge < -0.3 is 19.6 Å². The number of anilines is 1. The summed E-state index contributed by atoms with van der Waals surface area (Å²) in [5.41, 5.74) is 1.53. The van der Waals surface area contributed by atoms with E-state index in [0.29, 0.717) is 22.3 Å². The second-order valence-corrected chi connectivity index (χ2v) is 14.3. The van der Waals surface area contributed by atoms with E-state index in [1.54, 1.807) is 6.92 Å². The Morgan fingerprint density at radius 3 is 2.66 bits per heavy atom. The van der Waals surface area contributed by atoms with Gasteiger partial charge in [-0.3, -0.25) is 4.79 Å². The van der Waals surface area contributed by atoms with Crippen molar-refractivity contribution in [1.29, 1.82) is 0 Å². The number of carbonyl (C=O) groups excluding carboxylic acids is 1. The van der Waals surface area contributed by atoms with E-state index in [9.17, 15) is 9.90 Å². The fourth-order valence-electron chi connectivity index (χ4n) is 2.44. The van der Waals surface area contributed by atoms with Crippen LogP contribution in [0.3, 0.4) is 0 Å². The first-order valence-electron chi connectivity index (χ1n) is 9.77. The number of aliphatic hydroxyl groups excluding tert-OH is 1. The van der Waals surface area contributed by atoms with Crippen LogP contribution in [-0.4, -0.2) is 30.9 Å². The molecule has 1 heterocycles. The zero-order valence-electron chi connectivity index (χ0n) is 18.3. The van der Waals surface area contributed by atoms with E-state index < -0.39 is 14.6 Å². The van der Waals surface area contributed by atoms with Gasteiger partial charge in [0.1, 0.15) is 5.75 Å². The second kappa shape index (κ2) is 9.38. The summed E-state index contributed by atoms with van der Waals surface area (Å²) in [6.45, 7) is 15.0. The Bertz CT molecular complexity index is 845. The highest BCUT2D eigenvalue weighted by Gasteiger charge is 2.38. The molecule has 29 heavy (non-hydrogen) atoms. The molecule has 1 unspecified atom stereocenters. The summed E-state index contributed by atoms with van der Waals surface area (Å²) in [5, 5.41) is 13.4. The van der Waals surface area contributed by atoms with Crippen LogP contribution in [0.15, 0.2) is 24.3 Å². The molecule has 1 aromatic heterocycles. The number of nitrogens with one attached hydrogen (secondary N) is 1. The number of hydrogen-bond acceptors (Lipinski definition) is 6. The maximum absolute atomic E-state index is 12.5. The van der Waals surface area contributed by atoms with Gasteiger partial charge in [0.25, 0.3) is 0 Å². The minimum atomic E-state index is -1.94. The topological polar surface area (TPSA) is 80.7 Å². The van der Waals surface area contributed by atoms with Gasteiger partial charge in [0, 0.05) is 6.61 Å². The highest BCUT2D eigenvalue weighted by Crippen LogP contribution is 2.37. The van der Waals surface area contributed by atoms with Crippen LogP contribution in [0.5, 0.6) is 5.75 Å². The van der Waals surface area contributed by atoms with E-state index in [2.05, 4.69) is 44.2 Å². The van der Waals surface area contributed by atoms with Gasteiger partial charge in [-0.05, 0) is 49.7 Å². The number of aliphatic hydroxyl groups is 1. The molecular weight excluding hydrogens is 404 g/mol. The normalized spacial score (nSPS) is 13.2. The molecule has 0 aliphatic heterocycles. The van der Waals surface area contributed by atoms with Crippen LogP contribution in [0.2, 0.25) is 18.1 Å². The Balaban J connectivity index is 2.04. The van der Waals surface area contributed by atoms with E-state index in [1.807, 2.05) is 31.2 Å². The number of rotatable bonds is 8. The van der Waals surface area contributed by atoms with Crippen molar-refractivity contribution < 1.29 is 19.1 Å². The van der Waals surface area contributed by atoms with Crippen LogP contribution in [0, 0.1) is 6.92 Å². The first-order chi connectivity index (χ1) is 13.4. The van der Waals surface area contributed by atoms with Gasteiger partial charge in [-0.15, -0.1) is 0 Å². The van der Waals surface area contributed by atoms with Crippen molar-refractivity contribution >= 4 is 30.7 Å². The molecule has 2 aromatic rings. The lowest BCUT2D eigenvalue weighted by molar-refractivity contribution is -0.115. The Hall–Kier alpha value is -1.74. The summed E-state index contributed by atoms with van der Waals surface area (Å²) in [6.07, 6.45) is -0.802. The molecule has 6 nitrogen and oxygen atoms in total. The summed E-state index contributed by atoms with van der Waals surface area (Å²) in [7, 11) is -1.94. The molecule has 0 saturated carbocycles. The van der Waals surface area contributed by atoms with Crippen LogP contribution in [0.25, 0.3) is 0 Å². The molecule has 1 aromatic carbocycles. The fourth-order valence-corrected chi connectivity index (χ4v) is 4.38.